The fourth-order valence-electron chi connectivity index (χ4n) is 2.95. The van der Waals surface area contributed by atoms with Crippen LogP contribution in [0.2, 0.25) is 0 Å². The molecule has 110 valence electrons. The summed E-state index contributed by atoms with van der Waals surface area (Å²) in [5, 5.41) is 3.30. The first kappa shape index (κ1) is 14.9. The number of anilines is 1. The predicted molar refractivity (Wildman–Crippen MR) is 84.3 cm³/mol. The molecule has 0 aliphatic carbocycles. The molecule has 0 spiro atoms. The summed E-state index contributed by atoms with van der Waals surface area (Å²) in [6.45, 7) is 11.1. The maximum Gasteiger partial charge on any atom is 0.255 e. The van der Waals surface area contributed by atoms with Gasteiger partial charge in [0.1, 0.15) is 0 Å². The van der Waals surface area contributed by atoms with Crippen LogP contribution in [0.3, 0.4) is 0 Å². The van der Waals surface area contributed by atoms with E-state index in [9.17, 15) is 4.79 Å². The third kappa shape index (κ3) is 3.33. The maximum atomic E-state index is 12.8. The van der Waals surface area contributed by atoms with E-state index < -0.39 is 0 Å². The third-order valence-electron chi connectivity index (χ3n) is 3.96. The average Bonchev–Trinajstić information content (AvgIpc) is 2.39. The van der Waals surface area contributed by atoms with Crippen molar-refractivity contribution in [3.05, 3.63) is 29.3 Å². The Morgan fingerprint density at radius 3 is 2.80 bits per heavy atom. The largest absolute Gasteiger partial charge is 0.385 e. The number of nitrogens with one attached hydrogen (secondary N) is 1. The van der Waals surface area contributed by atoms with Crippen molar-refractivity contribution < 1.29 is 4.79 Å². The molecule has 1 aliphatic heterocycles. The second-order valence-corrected chi connectivity index (χ2v) is 6.57. The zero-order chi connectivity index (χ0) is 14.8. The molecule has 2 rings (SSSR count). The van der Waals surface area contributed by atoms with E-state index in [0.717, 1.165) is 42.9 Å². The smallest absolute Gasteiger partial charge is 0.255 e. The topological polar surface area (TPSA) is 32.3 Å². The summed E-state index contributed by atoms with van der Waals surface area (Å²) in [5.74, 6) is 0.164. The van der Waals surface area contributed by atoms with Crippen molar-refractivity contribution in [3.63, 3.8) is 0 Å². The summed E-state index contributed by atoms with van der Waals surface area (Å²) in [6, 6.07) is 6.07. The lowest BCUT2D eigenvalue weighted by molar-refractivity contribution is 0.0584. The van der Waals surface area contributed by atoms with E-state index >= 15 is 0 Å². The minimum Gasteiger partial charge on any atom is -0.385 e. The Balaban J connectivity index is 2.26. The zero-order valence-electron chi connectivity index (χ0n) is 13.1. The number of hydrogen-bond acceptors (Lipinski definition) is 2. The van der Waals surface area contributed by atoms with Crippen LogP contribution < -0.4 is 5.32 Å². The van der Waals surface area contributed by atoms with Crippen molar-refractivity contribution in [2.75, 3.05) is 25.0 Å². The van der Waals surface area contributed by atoms with Gasteiger partial charge in [-0.3, -0.25) is 4.79 Å². The van der Waals surface area contributed by atoms with Crippen LogP contribution in [-0.4, -0.2) is 30.4 Å². The van der Waals surface area contributed by atoms with Crippen molar-refractivity contribution in [2.24, 2.45) is 5.41 Å². The average molecular weight is 274 g/mol. The normalized spacial score (nSPS) is 17.9. The number of rotatable bonds is 3. The molecule has 1 amide bonds. The van der Waals surface area contributed by atoms with Crippen LogP contribution in [0.25, 0.3) is 0 Å². The highest BCUT2D eigenvalue weighted by Crippen LogP contribution is 2.30. The Bertz CT molecular complexity index is 494. The fourth-order valence-corrected chi connectivity index (χ4v) is 2.95. The van der Waals surface area contributed by atoms with E-state index in [4.69, 9.17) is 0 Å². The number of benzene rings is 1. The minimum absolute atomic E-state index is 0.164. The molecule has 0 radical (unpaired) electrons. The minimum atomic E-state index is 0.164. The molecule has 1 fully saturated rings. The van der Waals surface area contributed by atoms with Gasteiger partial charge in [0.05, 0.1) is 5.56 Å². The second-order valence-electron chi connectivity index (χ2n) is 6.57. The molecule has 3 heteroatoms. The van der Waals surface area contributed by atoms with Crippen molar-refractivity contribution in [2.45, 2.75) is 40.5 Å². The lowest BCUT2D eigenvalue weighted by atomic mass is 9.84. The Hall–Kier alpha value is -1.51. The van der Waals surface area contributed by atoms with Crippen LogP contribution in [0.1, 0.15) is 49.5 Å². The lowest BCUT2D eigenvalue weighted by Crippen LogP contribution is -2.43. The SMILES string of the molecule is CCNc1ccc(C)cc1C(=O)N1CCCC(C)(C)C1. The van der Waals surface area contributed by atoms with Gasteiger partial charge in [0.25, 0.3) is 5.91 Å². The van der Waals surface area contributed by atoms with Crippen LogP contribution in [-0.2, 0) is 0 Å². The summed E-state index contributed by atoms with van der Waals surface area (Å²) >= 11 is 0. The van der Waals surface area contributed by atoms with Gasteiger partial charge in [0.2, 0.25) is 0 Å². The molecule has 0 aromatic heterocycles. The van der Waals surface area contributed by atoms with E-state index in [2.05, 4.69) is 32.2 Å². The Morgan fingerprint density at radius 2 is 2.15 bits per heavy atom. The van der Waals surface area contributed by atoms with Crippen molar-refractivity contribution in [3.8, 4) is 0 Å². The Kier molecular flexibility index (Phi) is 4.36. The number of carbonyl (C=O) groups is 1. The number of aryl methyl sites for hydroxylation is 1. The number of amides is 1. The molecule has 1 saturated heterocycles. The molecule has 0 atom stereocenters. The number of hydrogen-bond donors (Lipinski definition) is 1. The quantitative estimate of drug-likeness (QED) is 0.911. The van der Waals surface area contributed by atoms with Gasteiger partial charge in [-0.15, -0.1) is 0 Å². The summed E-state index contributed by atoms with van der Waals surface area (Å²) in [4.78, 5) is 14.8. The Labute approximate surface area is 122 Å². The fraction of sp³-hybridized carbons (Fsp3) is 0.588. The summed E-state index contributed by atoms with van der Waals surface area (Å²) in [6.07, 6.45) is 2.30. The molecule has 1 aliphatic rings. The molecule has 1 heterocycles. The van der Waals surface area contributed by atoms with Crippen molar-refractivity contribution >= 4 is 11.6 Å². The van der Waals surface area contributed by atoms with Crippen LogP contribution in [0, 0.1) is 12.3 Å². The van der Waals surface area contributed by atoms with E-state index in [1.807, 2.05) is 24.0 Å². The van der Waals surface area contributed by atoms with E-state index in [1.165, 1.54) is 6.42 Å². The van der Waals surface area contributed by atoms with E-state index in [1.54, 1.807) is 0 Å². The first-order valence-electron chi connectivity index (χ1n) is 7.57. The molecular formula is C17H26N2O. The summed E-state index contributed by atoms with van der Waals surface area (Å²) < 4.78 is 0. The first-order valence-corrected chi connectivity index (χ1v) is 7.57. The standard InChI is InChI=1S/C17H26N2O/c1-5-18-15-8-7-13(2)11-14(15)16(20)19-10-6-9-17(3,4)12-19/h7-8,11,18H,5-6,9-10,12H2,1-4H3. The molecule has 0 bridgehead atoms. The van der Waals surface area contributed by atoms with Crippen LogP contribution in [0.4, 0.5) is 5.69 Å². The number of nitrogens with zero attached hydrogens (tertiary/aromatic N) is 1. The number of carbonyl (C=O) groups excluding carboxylic acids is 1. The molecule has 0 unspecified atom stereocenters. The molecular weight excluding hydrogens is 248 g/mol. The lowest BCUT2D eigenvalue weighted by Gasteiger charge is -2.38. The number of piperidine rings is 1. The van der Waals surface area contributed by atoms with Crippen LogP contribution >= 0.6 is 0 Å². The van der Waals surface area contributed by atoms with Gasteiger partial charge in [-0.2, -0.15) is 0 Å². The van der Waals surface area contributed by atoms with Gasteiger partial charge < -0.3 is 10.2 Å². The second kappa shape index (κ2) is 5.86. The van der Waals surface area contributed by atoms with Gasteiger partial charge in [-0.1, -0.05) is 25.5 Å². The zero-order valence-corrected chi connectivity index (χ0v) is 13.1. The highest BCUT2D eigenvalue weighted by atomic mass is 16.2. The molecule has 20 heavy (non-hydrogen) atoms. The summed E-state index contributed by atoms with van der Waals surface area (Å²) in [7, 11) is 0. The van der Waals surface area contributed by atoms with Crippen LogP contribution in [0.15, 0.2) is 18.2 Å². The monoisotopic (exact) mass is 274 g/mol. The highest BCUT2D eigenvalue weighted by molar-refractivity contribution is 6.00. The van der Waals surface area contributed by atoms with Gasteiger partial charge >= 0.3 is 0 Å². The third-order valence-corrected chi connectivity index (χ3v) is 3.96. The van der Waals surface area contributed by atoms with Crippen LogP contribution in [0.5, 0.6) is 0 Å². The predicted octanol–water partition coefficient (Wildman–Crippen LogP) is 3.69. The molecule has 3 nitrogen and oxygen atoms in total. The van der Waals surface area contributed by atoms with E-state index in [-0.39, 0.29) is 11.3 Å². The maximum absolute atomic E-state index is 12.8. The Morgan fingerprint density at radius 1 is 1.40 bits per heavy atom. The molecule has 1 aromatic carbocycles. The van der Waals surface area contributed by atoms with Gasteiger partial charge in [-0.05, 0) is 44.2 Å². The van der Waals surface area contributed by atoms with Gasteiger partial charge in [0.15, 0.2) is 0 Å². The first-order chi connectivity index (χ1) is 9.43. The van der Waals surface area contributed by atoms with Crippen molar-refractivity contribution in [1.29, 1.82) is 0 Å². The van der Waals surface area contributed by atoms with Crippen molar-refractivity contribution in [1.82, 2.24) is 4.90 Å². The molecule has 1 aromatic rings. The molecule has 1 N–H and O–H groups in total. The summed E-state index contributed by atoms with van der Waals surface area (Å²) in [5.41, 5.74) is 3.12. The van der Waals surface area contributed by atoms with Gasteiger partial charge in [0, 0.05) is 25.3 Å². The van der Waals surface area contributed by atoms with E-state index in [0.29, 0.717) is 0 Å². The highest BCUT2D eigenvalue weighted by Gasteiger charge is 2.30. The molecule has 0 saturated carbocycles. The van der Waals surface area contributed by atoms with Gasteiger partial charge in [-0.25, -0.2) is 0 Å². The number of likely N-dealkylation sites (tertiary alicyclic amines) is 1.